The minimum Gasteiger partial charge on any atom is -0.379 e. The van der Waals surface area contributed by atoms with Gasteiger partial charge in [-0.15, -0.1) is 0 Å². The van der Waals surface area contributed by atoms with Gasteiger partial charge in [0, 0.05) is 6.61 Å². The van der Waals surface area contributed by atoms with Gasteiger partial charge in [-0.1, -0.05) is 44.7 Å². The number of hydrogen-bond acceptors (Lipinski definition) is 5. The highest BCUT2D eigenvalue weighted by atomic mass is 16.5. The van der Waals surface area contributed by atoms with E-state index < -0.39 is 0 Å². The molecule has 1 aliphatic rings. The normalized spacial score (nSPS) is 13.4. The van der Waals surface area contributed by atoms with E-state index in [1.807, 2.05) is 0 Å². The monoisotopic (exact) mass is 377 g/mol. The number of unbranched alkanes of at least 4 members (excludes halogenated alkanes) is 4. The average Bonchev–Trinajstić information content (AvgIpc) is 2.93. The third kappa shape index (κ3) is 7.05. The van der Waals surface area contributed by atoms with Gasteiger partial charge < -0.3 is 14.2 Å². The van der Waals surface area contributed by atoms with Crippen LogP contribution in [0, 0.1) is 0 Å². The standard InChI is InChI=1S/C21H31NO5/c1-2-3-4-5-8-12-25-14-16-27-17-15-26-13-11-22-20(23)18-9-6-7-10-19(18)21(22)24/h6-7,9-10H,2-5,8,11-17H2,1H3. The Hall–Kier alpha value is -1.76. The number of rotatable bonds is 15. The lowest BCUT2D eigenvalue weighted by Crippen LogP contribution is -2.33. The summed E-state index contributed by atoms with van der Waals surface area (Å²) < 4.78 is 16.4. The lowest BCUT2D eigenvalue weighted by Gasteiger charge is -2.13. The highest BCUT2D eigenvalue weighted by Gasteiger charge is 2.34. The number of amides is 2. The molecule has 0 atom stereocenters. The van der Waals surface area contributed by atoms with E-state index in [2.05, 4.69) is 6.92 Å². The van der Waals surface area contributed by atoms with Gasteiger partial charge in [0.2, 0.25) is 0 Å². The highest BCUT2D eigenvalue weighted by Crippen LogP contribution is 2.21. The summed E-state index contributed by atoms with van der Waals surface area (Å²) in [5.74, 6) is -0.496. The van der Waals surface area contributed by atoms with Crippen LogP contribution in [0.1, 0.15) is 59.7 Å². The molecule has 2 amide bonds. The Morgan fingerprint density at radius 3 is 1.81 bits per heavy atom. The van der Waals surface area contributed by atoms with Crippen LogP contribution in [0.25, 0.3) is 0 Å². The van der Waals surface area contributed by atoms with Gasteiger partial charge in [-0.25, -0.2) is 0 Å². The molecule has 1 aliphatic heterocycles. The molecule has 0 N–H and O–H groups in total. The van der Waals surface area contributed by atoms with Crippen molar-refractivity contribution in [3.63, 3.8) is 0 Å². The number of nitrogens with zero attached hydrogens (tertiary/aromatic N) is 1. The van der Waals surface area contributed by atoms with Crippen LogP contribution in [-0.4, -0.2) is 62.9 Å². The zero-order chi connectivity index (χ0) is 19.3. The molecule has 6 nitrogen and oxygen atoms in total. The second-order valence-electron chi connectivity index (χ2n) is 6.56. The molecule has 0 saturated heterocycles. The molecule has 1 heterocycles. The van der Waals surface area contributed by atoms with Gasteiger partial charge in [0.1, 0.15) is 0 Å². The summed E-state index contributed by atoms with van der Waals surface area (Å²) in [6.07, 6.45) is 6.19. The van der Waals surface area contributed by atoms with E-state index in [0.29, 0.717) is 44.2 Å². The van der Waals surface area contributed by atoms with E-state index in [4.69, 9.17) is 14.2 Å². The van der Waals surface area contributed by atoms with Crippen LogP contribution < -0.4 is 0 Å². The van der Waals surface area contributed by atoms with E-state index >= 15 is 0 Å². The van der Waals surface area contributed by atoms with Crippen molar-refractivity contribution in [1.29, 1.82) is 0 Å². The molecule has 1 aromatic carbocycles. The first-order valence-electron chi connectivity index (χ1n) is 9.94. The van der Waals surface area contributed by atoms with Crippen LogP contribution in [0.3, 0.4) is 0 Å². The summed E-state index contributed by atoms with van der Waals surface area (Å²) in [5.41, 5.74) is 0.937. The molecule has 0 unspecified atom stereocenters. The molecule has 0 saturated carbocycles. The molecule has 0 radical (unpaired) electrons. The molecular weight excluding hydrogens is 346 g/mol. The lowest BCUT2D eigenvalue weighted by molar-refractivity contribution is 0.0106. The SMILES string of the molecule is CCCCCCCOCCOCCOCCN1C(=O)c2ccccc2C1=O. The van der Waals surface area contributed by atoms with Crippen molar-refractivity contribution in [2.45, 2.75) is 39.0 Å². The molecule has 27 heavy (non-hydrogen) atoms. The molecule has 0 aliphatic carbocycles. The molecule has 150 valence electrons. The van der Waals surface area contributed by atoms with Crippen molar-refractivity contribution in [1.82, 2.24) is 4.90 Å². The minimum atomic E-state index is -0.248. The third-order valence-corrected chi connectivity index (χ3v) is 4.47. The van der Waals surface area contributed by atoms with Crippen LogP contribution in [0.4, 0.5) is 0 Å². The highest BCUT2D eigenvalue weighted by molar-refractivity contribution is 6.21. The molecule has 0 fully saturated rings. The Labute approximate surface area is 161 Å². The Morgan fingerprint density at radius 1 is 0.704 bits per heavy atom. The maximum Gasteiger partial charge on any atom is 0.261 e. The first kappa shape index (κ1) is 21.5. The second kappa shape index (κ2) is 12.6. The van der Waals surface area contributed by atoms with Crippen molar-refractivity contribution in [2.75, 3.05) is 46.2 Å². The summed E-state index contributed by atoms with van der Waals surface area (Å²) in [6.45, 7) is 5.63. The summed E-state index contributed by atoms with van der Waals surface area (Å²) in [7, 11) is 0. The van der Waals surface area contributed by atoms with Crippen molar-refractivity contribution >= 4 is 11.8 Å². The van der Waals surface area contributed by atoms with Crippen molar-refractivity contribution in [3.05, 3.63) is 35.4 Å². The fourth-order valence-corrected chi connectivity index (χ4v) is 2.95. The average molecular weight is 377 g/mol. The Kier molecular flexibility index (Phi) is 10.0. The molecule has 1 aromatic rings. The smallest absolute Gasteiger partial charge is 0.261 e. The van der Waals surface area contributed by atoms with Gasteiger partial charge in [0.25, 0.3) is 11.8 Å². The van der Waals surface area contributed by atoms with E-state index in [-0.39, 0.29) is 18.4 Å². The van der Waals surface area contributed by atoms with Gasteiger partial charge in [0.05, 0.1) is 50.7 Å². The first-order chi connectivity index (χ1) is 13.3. The maximum atomic E-state index is 12.2. The predicted molar refractivity (Wildman–Crippen MR) is 103 cm³/mol. The van der Waals surface area contributed by atoms with E-state index in [0.717, 1.165) is 13.0 Å². The Morgan fingerprint density at radius 2 is 1.22 bits per heavy atom. The molecule has 0 aromatic heterocycles. The Bertz CT molecular complexity index is 555. The molecule has 0 spiro atoms. The number of carbonyl (C=O) groups is 2. The van der Waals surface area contributed by atoms with Crippen LogP contribution in [0.5, 0.6) is 0 Å². The topological polar surface area (TPSA) is 65.1 Å². The van der Waals surface area contributed by atoms with Crippen molar-refractivity contribution < 1.29 is 23.8 Å². The fourth-order valence-electron chi connectivity index (χ4n) is 2.95. The largest absolute Gasteiger partial charge is 0.379 e. The lowest BCUT2D eigenvalue weighted by atomic mass is 10.1. The quantitative estimate of drug-likeness (QED) is 0.347. The Balaban J connectivity index is 1.43. The number of ether oxygens (including phenoxy) is 3. The van der Waals surface area contributed by atoms with E-state index in [1.54, 1.807) is 24.3 Å². The first-order valence-corrected chi connectivity index (χ1v) is 9.94. The molecular formula is C21H31NO5. The van der Waals surface area contributed by atoms with Crippen molar-refractivity contribution in [3.8, 4) is 0 Å². The summed E-state index contributed by atoms with van der Waals surface area (Å²) in [4.78, 5) is 25.6. The van der Waals surface area contributed by atoms with Gasteiger partial charge in [-0.3, -0.25) is 14.5 Å². The third-order valence-electron chi connectivity index (χ3n) is 4.47. The van der Waals surface area contributed by atoms with Gasteiger partial charge in [-0.2, -0.15) is 0 Å². The maximum absolute atomic E-state index is 12.2. The number of hydrogen-bond donors (Lipinski definition) is 0. The minimum absolute atomic E-state index is 0.248. The van der Waals surface area contributed by atoms with Crippen LogP contribution in [0.2, 0.25) is 0 Å². The number of fused-ring (bicyclic) bond motifs is 1. The van der Waals surface area contributed by atoms with Gasteiger partial charge >= 0.3 is 0 Å². The summed E-state index contributed by atoms with van der Waals surface area (Å²) in [5, 5.41) is 0. The van der Waals surface area contributed by atoms with E-state index in [1.165, 1.54) is 30.6 Å². The van der Waals surface area contributed by atoms with Gasteiger partial charge in [-0.05, 0) is 18.6 Å². The van der Waals surface area contributed by atoms with Crippen molar-refractivity contribution in [2.24, 2.45) is 0 Å². The van der Waals surface area contributed by atoms with E-state index in [9.17, 15) is 9.59 Å². The summed E-state index contributed by atoms with van der Waals surface area (Å²) >= 11 is 0. The number of carbonyl (C=O) groups excluding carboxylic acids is 2. The fraction of sp³-hybridized carbons (Fsp3) is 0.619. The number of benzene rings is 1. The number of imide groups is 1. The van der Waals surface area contributed by atoms with Crippen LogP contribution in [-0.2, 0) is 14.2 Å². The van der Waals surface area contributed by atoms with Crippen LogP contribution >= 0.6 is 0 Å². The molecule has 2 rings (SSSR count). The zero-order valence-electron chi connectivity index (χ0n) is 16.3. The van der Waals surface area contributed by atoms with Crippen LogP contribution in [0.15, 0.2) is 24.3 Å². The predicted octanol–water partition coefficient (Wildman–Crippen LogP) is 3.30. The molecule has 6 heteroatoms. The zero-order valence-corrected chi connectivity index (χ0v) is 16.3. The van der Waals surface area contributed by atoms with Gasteiger partial charge in [0.15, 0.2) is 0 Å². The summed E-state index contributed by atoms with van der Waals surface area (Å²) in [6, 6.07) is 6.88. The molecule has 0 bridgehead atoms. The second-order valence-corrected chi connectivity index (χ2v) is 6.56.